The summed E-state index contributed by atoms with van der Waals surface area (Å²) in [7, 11) is 0. The van der Waals surface area contributed by atoms with Gasteiger partial charge >= 0.3 is 0 Å². The molecule has 4 N–H and O–H groups in total. The van der Waals surface area contributed by atoms with Crippen LogP contribution in [0.2, 0.25) is 0 Å². The lowest BCUT2D eigenvalue weighted by Crippen LogP contribution is -2.31. The van der Waals surface area contributed by atoms with Gasteiger partial charge < -0.3 is 10.8 Å². The van der Waals surface area contributed by atoms with Gasteiger partial charge in [-0.15, -0.1) is 0 Å². The van der Waals surface area contributed by atoms with E-state index >= 15 is 0 Å². The van der Waals surface area contributed by atoms with Crippen LogP contribution < -0.4 is 11.1 Å². The first-order valence-electron chi connectivity index (χ1n) is 3.42. The van der Waals surface area contributed by atoms with Gasteiger partial charge in [-0.3, -0.25) is 5.32 Å². The topological polar surface area (TPSA) is 58.3 Å². The van der Waals surface area contributed by atoms with Gasteiger partial charge in [0, 0.05) is 0 Å². The van der Waals surface area contributed by atoms with Gasteiger partial charge in [0.25, 0.3) is 0 Å². The number of rotatable bonds is 5. The second-order valence-electron chi connectivity index (χ2n) is 2.05. The second-order valence-corrected chi connectivity index (χ2v) is 2.05. The molecule has 0 saturated carbocycles. The summed E-state index contributed by atoms with van der Waals surface area (Å²) in [6.45, 7) is 3.46. The Kier molecular flexibility index (Phi) is 5.93. The molecular formula is C6H16N2O. The van der Waals surface area contributed by atoms with Gasteiger partial charge in [0.15, 0.2) is 0 Å². The Bertz CT molecular complexity index is 59.0. The van der Waals surface area contributed by atoms with Crippen LogP contribution in [-0.4, -0.2) is 24.4 Å². The highest BCUT2D eigenvalue weighted by atomic mass is 16.3. The van der Waals surface area contributed by atoms with Crippen LogP contribution in [0.1, 0.15) is 19.8 Å². The zero-order valence-corrected chi connectivity index (χ0v) is 5.93. The van der Waals surface area contributed by atoms with E-state index < -0.39 is 6.23 Å². The van der Waals surface area contributed by atoms with Crippen LogP contribution in [0.4, 0.5) is 0 Å². The molecular weight excluding hydrogens is 116 g/mol. The van der Waals surface area contributed by atoms with Crippen LogP contribution in [0.3, 0.4) is 0 Å². The highest BCUT2D eigenvalue weighted by Crippen LogP contribution is 1.82. The number of nitrogens with one attached hydrogen (secondary N) is 1. The number of aliphatic hydroxyl groups is 1. The molecule has 9 heavy (non-hydrogen) atoms. The van der Waals surface area contributed by atoms with E-state index in [0.717, 1.165) is 13.0 Å². The summed E-state index contributed by atoms with van der Waals surface area (Å²) in [6, 6.07) is 0. The normalized spacial score (nSPS) is 13.7. The highest BCUT2D eigenvalue weighted by Gasteiger charge is 1.97. The smallest absolute Gasteiger partial charge is 0.106 e. The molecule has 0 aromatic heterocycles. The summed E-state index contributed by atoms with van der Waals surface area (Å²) in [6.07, 6.45) is 1.27. The van der Waals surface area contributed by atoms with Gasteiger partial charge in [-0.1, -0.05) is 6.92 Å². The monoisotopic (exact) mass is 132 g/mol. The quantitative estimate of drug-likeness (QED) is 0.448. The van der Waals surface area contributed by atoms with Crippen molar-refractivity contribution in [2.75, 3.05) is 13.1 Å². The van der Waals surface area contributed by atoms with Gasteiger partial charge in [0.1, 0.15) is 6.23 Å². The number of hydrogen-bond donors (Lipinski definition) is 3. The summed E-state index contributed by atoms with van der Waals surface area (Å²) in [5.74, 6) is 0. The lowest BCUT2D eigenvalue weighted by Gasteiger charge is -2.09. The van der Waals surface area contributed by atoms with E-state index in [9.17, 15) is 0 Å². The molecule has 0 aromatic carbocycles. The summed E-state index contributed by atoms with van der Waals surface area (Å²) in [5.41, 5.74) is 5.20. The van der Waals surface area contributed by atoms with Crippen LogP contribution in [0.25, 0.3) is 0 Å². The minimum atomic E-state index is -0.407. The van der Waals surface area contributed by atoms with Crippen LogP contribution in [0.5, 0.6) is 0 Å². The molecule has 56 valence electrons. The lowest BCUT2D eigenvalue weighted by atomic mass is 10.3. The zero-order valence-electron chi connectivity index (χ0n) is 5.93. The SMILES string of the molecule is CCCNC(O)CCN. The number of nitrogens with two attached hydrogens (primary N) is 1. The fourth-order valence-corrected chi connectivity index (χ4v) is 0.571. The van der Waals surface area contributed by atoms with Gasteiger partial charge in [-0.05, 0) is 25.9 Å². The fraction of sp³-hybridized carbons (Fsp3) is 1.00. The molecule has 0 rings (SSSR count). The molecule has 0 aromatic rings. The molecule has 1 atom stereocenters. The van der Waals surface area contributed by atoms with Crippen molar-refractivity contribution in [3.05, 3.63) is 0 Å². The standard InChI is InChI=1S/C6H16N2O/c1-2-5-8-6(9)3-4-7/h6,8-9H,2-5,7H2,1H3. The minimum Gasteiger partial charge on any atom is -0.379 e. The maximum absolute atomic E-state index is 8.99. The van der Waals surface area contributed by atoms with Crippen molar-refractivity contribution in [3.63, 3.8) is 0 Å². The Morgan fingerprint density at radius 2 is 2.33 bits per heavy atom. The Morgan fingerprint density at radius 1 is 1.67 bits per heavy atom. The molecule has 0 aliphatic rings. The number of hydrogen-bond acceptors (Lipinski definition) is 3. The molecule has 0 saturated heterocycles. The van der Waals surface area contributed by atoms with Crippen molar-refractivity contribution in [1.82, 2.24) is 5.32 Å². The Labute approximate surface area is 56.2 Å². The molecule has 3 nitrogen and oxygen atoms in total. The largest absolute Gasteiger partial charge is 0.379 e. The second kappa shape index (κ2) is 6.01. The van der Waals surface area contributed by atoms with Crippen LogP contribution in [0, 0.1) is 0 Å². The van der Waals surface area contributed by atoms with E-state index in [2.05, 4.69) is 12.2 Å². The predicted molar refractivity (Wildman–Crippen MR) is 38.0 cm³/mol. The maximum atomic E-state index is 8.99. The molecule has 0 spiro atoms. The average molecular weight is 132 g/mol. The van der Waals surface area contributed by atoms with Gasteiger partial charge in [0.05, 0.1) is 0 Å². The molecule has 0 fully saturated rings. The van der Waals surface area contributed by atoms with Gasteiger partial charge in [-0.2, -0.15) is 0 Å². The van der Waals surface area contributed by atoms with Crippen molar-refractivity contribution in [2.45, 2.75) is 26.0 Å². The first kappa shape index (κ1) is 8.88. The maximum Gasteiger partial charge on any atom is 0.106 e. The fourth-order valence-electron chi connectivity index (χ4n) is 0.571. The van der Waals surface area contributed by atoms with Crippen LogP contribution in [0.15, 0.2) is 0 Å². The third kappa shape index (κ3) is 5.76. The lowest BCUT2D eigenvalue weighted by molar-refractivity contribution is 0.131. The molecule has 1 unspecified atom stereocenters. The molecule has 0 amide bonds. The Balaban J connectivity index is 2.95. The Morgan fingerprint density at radius 3 is 2.78 bits per heavy atom. The van der Waals surface area contributed by atoms with Crippen molar-refractivity contribution < 1.29 is 5.11 Å². The molecule has 3 heteroatoms. The van der Waals surface area contributed by atoms with Crippen molar-refractivity contribution in [3.8, 4) is 0 Å². The average Bonchev–Trinajstić information content (AvgIpc) is 1.85. The molecule has 0 radical (unpaired) electrons. The van der Waals surface area contributed by atoms with Crippen molar-refractivity contribution in [1.29, 1.82) is 0 Å². The highest BCUT2D eigenvalue weighted by molar-refractivity contribution is 4.51. The molecule has 0 aliphatic heterocycles. The summed E-state index contributed by atoms with van der Waals surface area (Å²) >= 11 is 0. The summed E-state index contributed by atoms with van der Waals surface area (Å²) in [5, 5.41) is 11.9. The van der Waals surface area contributed by atoms with E-state index in [0.29, 0.717) is 13.0 Å². The molecule has 0 bridgehead atoms. The van der Waals surface area contributed by atoms with Crippen LogP contribution in [-0.2, 0) is 0 Å². The van der Waals surface area contributed by atoms with E-state index in [1.165, 1.54) is 0 Å². The van der Waals surface area contributed by atoms with Gasteiger partial charge in [0.2, 0.25) is 0 Å². The summed E-state index contributed by atoms with van der Waals surface area (Å²) in [4.78, 5) is 0. The van der Waals surface area contributed by atoms with E-state index in [-0.39, 0.29) is 0 Å². The van der Waals surface area contributed by atoms with E-state index in [1.54, 1.807) is 0 Å². The van der Waals surface area contributed by atoms with Crippen molar-refractivity contribution >= 4 is 0 Å². The first-order valence-corrected chi connectivity index (χ1v) is 3.42. The Hall–Kier alpha value is -0.120. The van der Waals surface area contributed by atoms with Crippen molar-refractivity contribution in [2.24, 2.45) is 5.73 Å². The van der Waals surface area contributed by atoms with E-state index in [1.807, 2.05) is 0 Å². The third-order valence-corrected chi connectivity index (χ3v) is 1.07. The van der Waals surface area contributed by atoms with E-state index in [4.69, 9.17) is 10.8 Å². The predicted octanol–water partition coefficient (Wildman–Crippen LogP) is -0.347. The third-order valence-electron chi connectivity index (χ3n) is 1.07. The van der Waals surface area contributed by atoms with Crippen LogP contribution >= 0.6 is 0 Å². The molecule has 0 heterocycles. The van der Waals surface area contributed by atoms with Gasteiger partial charge in [-0.25, -0.2) is 0 Å². The minimum absolute atomic E-state index is 0.407. The summed E-state index contributed by atoms with van der Waals surface area (Å²) < 4.78 is 0. The number of aliphatic hydroxyl groups excluding tert-OH is 1. The first-order chi connectivity index (χ1) is 4.31. The zero-order chi connectivity index (χ0) is 7.11. The molecule has 0 aliphatic carbocycles.